The van der Waals surface area contributed by atoms with Gasteiger partial charge in [-0.3, -0.25) is 4.72 Å². The van der Waals surface area contributed by atoms with Crippen molar-refractivity contribution in [2.75, 3.05) is 4.72 Å². The predicted molar refractivity (Wildman–Crippen MR) is 79.6 cm³/mol. The Labute approximate surface area is 131 Å². The number of rotatable bonds is 4. The summed E-state index contributed by atoms with van der Waals surface area (Å²) in [6.07, 6.45) is 0. The van der Waals surface area contributed by atoms with Gasteiger partial charge in [0.1, 0.15) is 5.82 Å². The zero-order chi connectivity index (χ0) is 15.6. The molecular formula is C13H10Cl2FNO3S. The number of nitrogens with one attached hydrogen (secondary N) is 1. The first-order valence-electron chi connectivity index (χ1n) is 5.70. The Kier molecular flexibility index (Phi) is 4.73. The highest BCUT2D eigenvalue weighted by molar-refractivity contribution is 7.92. The van der Waals surface area contributed by atoms with E-state index < -0.39 is 22.4 Å². The molecule has 8 heteroatoms. The quantitative estimate of drug-likeness (QED) is 0.888. The average molecular weight is 350 g/mol. The monoisotopic (exact) mass is 349 g/mol. The minimum Gasteiger partial charge on any atom is -0.392 e. The fourth-order valence-electron chi connectivity index (χ4n) is 1.73. The van der Waals surface area contributed by atoms with Crippen LogP contribution in [0, 0.1) is 5.82 Å². The molecule has 0 radical (unpaired) electrons. The molecule has 0 bridgehead atoms. The van der Waals surface area contributed by atoms with Crippen LogP contribution in [-0.2, 0) is 16.6 Å². The maximum atomic E-state index is 13.3. The molecule has 2 rings (SSSR count). The van der Waals surface area contributed by atoms with Crippen molar-refractivity contribution < 1.29 is 17.9 Å². The van der Waals surface area contributed by atoms with Crippen LogP contribution in [0.25, 0.3) is 0 Å². The second-order valence-electron chi connectivity index (χ2n) is 4.17. The average Bonchev–Trinajstić information content (AvgIpc) is 2.36. The van der Waals surface area contributed by atoms with E-state index >= 15 is 0 Å². The number of benzene rings is 2. The van der Waals surface area contributed by atoms with E-state index in [9.17, 15) is 17.9 Å². The second-order valence-corrected chi connectivity index (χ2v) is 6.70. The first-order valence-corrected chi connectivity index (χ1v) is 7.94. The van der Waals surface area contributed by atoms with Crippen LogP contribution < -0.4 is 4.72 Å². The van der Waals surface area contributed by atoms with E-state index in [4.69, 9.17) is 23.2 Å². The Bertz CT molecular complexity index is 761. The van der Waals surface area contributed by atoms with Crippen LogP contribution in [0.4, 0.5) is 10.1 Å². The number of anilines is 1. The third-order valence-electron chi connectivity index (χ3n) is 2.60. The molecule has 0 aliphatic rings. The highest BCUT2D eigenvalue weighted by Crippen LogP contribution is 2.26. The van der Waals surface area contributed by atoms with Crippen LogP contribution in [0.15, 0.2) is 41.3 Å². The van der Waals surface area contributed by atoms with Gasteiger partial charge in [0.15, 0.2) is 0 Å². The summed E-state index contributed by atoms with van der Waals surface area (Å²) < 4.78 is 40.1. The van der Waals surface area contributed by atoms with E-state index in [1.165, 1.54) is 24.3 Å². The molecule has 0 aliphatic carbocycles. The maximum Gasteiger partial charge on any atom is 0.262 e. The molecule has 0 fully saturated rings. The SMILES string of the molecule is O=S(=O)(Nc1cc(Cl)cc(Cl)c1)c1cc(F)ccc1CO. The molecule has 0 atom stereocenters. The molecule has 2 aromatic carbocycles. The lowest BCUT2D eigenvalue weighted by Gasteiger charge is -2.12. The van der Waals surface area contributed by atoms with Crippen molar-refractivity contribution in [3.8, 4) is 0 Å². The summed E-state index contributed by atoms with van der Waals surface area (Å²) in [5, 5.41) is 9.67. The molecule has 2 N–H and O–H groups in total. The topological polar surface area (TPSA) is 66.4 Å². The Hall–Kier alpha value is -1.34. The van der Waals surface area contributed by atoms with E-state index in [0.29, 0.717) is 0 Å². The third kappa shape index (κ3) is 3.85. The van der Waals surface area contributed by atoms with Crippen LogP contribution in [0.5, 0.6) is 0 Å². The van der Waals surface area contributed by atoms with Crippen LogP contribution in [0.3, 0.4) is 0 Å². The molecule has 112 valence electrons. The summed E-state index contributed by atoms with van der Waals surface area (Å²) >= 11 is 11.6. The summed E-state index contributed by atoms with van der Waals surface area (Å²) in [4.78, 5) is -0.346. The van der Waals surface area contributed by atoms with Gasteiger partial charge >= 0.3 is 0 Å². The Morgan fingerprint density at radius 3 is 2.29 bits per heavy atom. The number of halogens is 3. The van der Waals surface area contributed by atoms with E-state index in [1.54, 1.807) is 0 Å². The van der Waals surface area contributed by atoms with Gasteiger partial charge in [0.05, 0.1) is 17.2 Å². The van der Waals surface area contributed by atoms with Gasteiger partial charge in [-0.2, -0.15) is 0 Å². The fraction of sp³-hybridized carbons (Fsp3) is 0.0769. The Balaban J connectivity index is 2.45. The summed E-state index contributed by atoms with van der Waals surface area (Å²) in [5.41, 5.74) is 0.220. The summed E-state index contributed by atoms with van der Waals surface area (Å²) in [6.45, 7) is -0.535. The van der Waals surface area contributed by atoms with E-state index in [-0.39, 0.29) is 26.2 Å². The zero-order valence-corrected chi connectivity index (χ0v) is 12.8. The molecule has 0 aromatic heterocycles. The first kappa shape index (κ1) is 16.0. The highest BCUT2D eigenvalue weighted by atomic mass is 35.5. The summed E-state index contributed by atoms with van der Waals surface area (Å²) in [6, 6.07) is 7.28. The minimum absolute atomic E-state index is 0.0806. The Morgan fingerprint density at radius 1 is 1.10 bits per heavy atom. The van der Waals surface area contributed by atoms with Gasteiger partial charge in [-0.15, -0.1) is 0 Å². The number of hydrogen-bond donors (Lipinski definition) is 2. The van der Waals surface area contributed by atoms with Gasteiger partial charge in [-0.25, -0.2) is 12.8 Å². The smallest absolute Gasteiger partial charge is 0.262 e. The van der Waals surface area contributed by atoms with Gasteiger partial charge in [0.25, 0.3) is 10.0 Å². The van der Waals surface area contributed by atoms with E-state index in [2.05, 4.69) is 4.72 Å². The molecule has 0 spiro atoms. The standard InChI is InChI=1S/C13H10Cl2FNO3S/c14-9-3-10(15)5-12(4-9)17-21(19,20)13-6-11(16)2-1-8(13)7-18/h1-6,17-18H,7H2. The van der Waals surface area contributed by atoms with Crippen LogP contribution >= 0.6 is 23.2 Å². The first-order chi connectivity index (χ1) is 9.81. The molecule has 0 unspecified atom stereocenters. The normalized spacial score (nSPS) is 11.4. The van der Waals surface area contributed by atoms with Crippen LogP contribution in [-0.4, -0.2) is 13.5 Å². The van der Waals surface area contributed by atoms with Gasteiger partial charge in [-0.1, -0.05) is 29.3 Å². The lowest BCUT2D eigenvalue weighted by molar-refractivity contribution is 0.278. The number of aliphatic hydroxyl groups excluding tert-OH is 1. The van der Waals surface area contributed by atoms with Gasteiger partial charge < -0.3 is 5.11 Å². The Morgan fingerprint density at radius 2 is 1.71 bits per heavy atom. The van der Waals surface area contributed by atoms with Gasteiger partial charge in [-0.05, 0) is 35.9 Å². The fourth-order valence-corrected chi connectivity index (χ4v) is 3.54. The van der Waals surface area contributed by atoms with Gasteiger partial charge in [0.2, 0.25) is 0 Å². The molecule has 0 aliphatic heterocycles. The molecule has 0 heterocycles. The van der Waals surface area contributed by atoms with E-state index in [1.807, 2.05) is 0 Å². The number of aliphatic hydroxyl groups is 1. The van der Waals surface area contributed by atoms with Gasteiger partial charge in [0, 0.05) is 10.0 Å². The lowest BCUT2D eigenvalue weighted by Crippen LogP contribution is -2.15. The number of hydrogen-bond acceptors (Lipinski definition) is 3. The van der Waals surface area contributed by atoms with Crippen molar-refractivity contribution in [2.24, 2.45) is 0 Å². The molecule has 0 saturated heterocycles. The maximum absolute atomic E-state index is 13.3. The van der Waals surface area contributed by atoms with Crippen molar-refractivity contribution in [1.82, 2.24) is 0 Å². The summed E-state index contributed by atoms with van der Waals surface area (Å²) in [5.74, 6) is -0.725. The van der Waals surface area contributed by atoms with Crippen molar-refractivity contribution in [2.45, 2.75) is 11.5 Å². The van der Waals surface area contributed by atoms with Crippen molar-refractivity contribution in [3.63, 3.8) is 0 Å². The van der Waals surface area contributed by atoms with E-state index in [0.717, 1.165) is 12.1 Å². The largest absolute Gasteiger partial charge is 0.392 e. The second kappa shape index (κ2) is 6.19. The predicted octanol–water partition coefficient (Wildman–Crippen LogP) is 3.43. The lowest BCUT2D eigenvalue weighted by atomic mass is 10.2. The molecule has 0 amide bonds. The molecule has 4 nitrogen and oxygen atoms in total. The van der Waals surface area contributed by atoms with Crippen LogP contribution in [0.2, 0.25) is 10.0 Å². The minimum atomic E-state index is -4.08. The van der Waals surface area contributed by atoms with Crippen molar-refractivity contribution in [3.05, 3.63) is 57.8 Å². The zero-order valence-electron chi connectivity index (χ0n) is 10.5. The highest BCUT2D eigenvalue weighted by Gasteiger charge is 2.19. The molecular weight excluding hydrogens is 340 g/mol. The van der Waals surface area contributed by atoms with Crippen molar-refractivity contribution in [1.29, 1.82) is 0 Å². The third-order valence-corrected chi connectivity index (χ3v) is 4.50. The molecule has 0 saturated carbocycles. The van der Waals surface area contributed by atoms with Crippen LogP contribution in [0.1, 0.15) is 5.56 Å². The molecule has 21 heavy (non-hydrogen) atoms. The van der Waals surface area contributed by atoms with Crippen molar-refractivity contribution >= 4 is 38.9 Å². The number of sulfonamides is 1. The molecule has 2 aromatic rings. The summed E-state index contributed by atoms with van der Waals surface area (Å²) in [7, 11) is -4.08.